The van der Waals surface area contributed by atoms with Gasteiger partial charge in [-0.2, -0.15) is 4.31 Å². The summed E-state index contributed by atoms with van der Waals surface area (Å²) < 4.78 is 26.7. The molecule has 0 amide bonds. The fourth-order valence-corrected chi connectivity index (χ4v) is 4.87. The summed E-state index contributed by atoms with van der Waals surface area (Å²) in [4.78, 5) is 0.391. The molecule has 0 radical (unpaired) electrons. The van der Waals surface area contributed by atoms with E-state index in [0.717, 1.165) is 6.42 Å². The summed E-state index contributed by atoms with van der Waals surface area (Å²) in [6, 6.07) is 17.0. The lowest BCUT2D eigenvalue weighted by molar-refractivity contribution is 0.541. The van der Waals surface area contributed by atoms with Crippen LogP contribution in [-0.4, -0.2) is 18.8 Å². The molecule has 2 aromatic carbocycles. The smallest absolute Gasteiger partial charge is 0.207 e. The summed E-state index contributed by atoms with van der Waals surface area (Å²) in [6.07, 6.45) is 0.840. The van der Waals surface area contributed by atoms with E-state index in [1.54, 1.807) is 28.6 Å². The molecule has 1 heterocycles. The Hall–Kier alpha value is -1.65. The average Bonchev–Trinajstić information content (AvgIpc) is 3.05. The maximum absolute atomic E-state index is 12.5. The predicted octanol–water partition coefficient (Wildman–Crippen LogP) is 2.36. The number of hydrogen-bond donors (Lipinski definition) is 0. The summed E-state index contributed by atoms with van der Waals surface area (Å²) in [5.41, 5.74) is 2.46. The monoisotopic (exact) mass is 271 g/mol. The number of benzene rings is 2. The van der Waals surface area contributed by atoms with Gasteiger partial charge >= 0.3 is 0 Å². The molecule has 4 rings (SSSR count). The van der Waals surface area contributed by atoms with Gasteiger partial charge in [0.15, 0.2) is 0 Å². The van der Waals surface area contributed by atoms with Crippen molar-refractivity contribution in [3.8, 4) is 0 Å². The van der Waals surface area contributed by atoms with Crippen LogP contribution in [0.1, 0.15) is 17.2 Å². The first kappa shape index (κ1) is 11.2. The molecule has 0 saturated carbocycles. The van der Waals surface area contributed by atoms with Crippen molar-refractivity contribution in [2.75, 3.05) is 0 Å². The first-order valence-corrected chi connectivity index (χ1v) is 7.80. The summed E-state index contributed by atoms with van der Waals surface area (Å²) >= 11 is 0. The van der Waals surface area contributed by atoms with Crippen molar-refractivity contribution in [2.24, 2.45) is 0 Å². The van der Waals surface area contributed by atoms with Crippen LogP contribution in [0.25, 0.3) is 0 Å². The molecule has 96 valence electrons. The molecule has 0 aromatic heterocycles. The zero-order valence-corrected chi connectivity index (χ0v) is 11.0. The first-order valence-electron chi connectivity index (χ1n) is 6.36. The second kappa shape index (κ2) is 3.68. The van der Waals surface area contributed by atoms with Crippen molar-refractivity contribution in [3.05, 3.63) is 65.7 Å². The van der Waals surface area contributed by atoms with Crippen molar-refractivity contribution < 1.29 is 8.42 Å². The average molecular weight is 271 g/mol. The van der Waals surface area contributed by atoms with E-state index >= 15 is 0 Å². The van der Waals surface area contributed by atoms with Crippen LogP contribution in [0.5, 0.6) is 0 Å². The van der Waals surface area contributed by atoms with E-state index in [-0.39, 0.29) is 12.1 Å². The molecule has 3 nitrogen and oxygen atoms in total. The van der Waals surface area contributed by atoms with Crippen LogP contribution in [0.3, 0.4) is 0 Å². The molecule has 0 spiro atoms. The molecule has 1 aliphatic heterocycles. The Bertz CT molecular complexity index is 740. The Morgan fingerprint density at radius 1 is 0.947 bits per heavy atom. The predicted molar refractivity (Wildman–Crippen MR) is 72.1 cm³/mol. The summed E-state index contributed by atoms with van der Waals surface area (Å²) in [5, 5.41) is 0. The molecule has 3 unspecified atom stereocenters. The van der Waals surface area contributed by atoms with Gasteiger partial charge in [0.05, 0.1) is 17.0 Å². The molecule has 1 saturated heterocycles. The molecule has 4 heteroatoms. The Labute approximate surface area is 112 Å². The van der Waals surface area contributed by atoms with Crippen LogP contribution in [0.15, 0.2) is 59.5 Å². The fraction of sp³-hybridized carbons (Fsp3) is 0.200. The zero-order valence-electron chi connectivity index (χ0n) is 10.2. The lowest BCUT2D eigenvalue weighted by atomic mass is 10.1. The molecule has 2 aromatic rings. The van der Waals surface area contributed by atoms with E-state index < -0.39 is 10.0 Å². The van der Waals surface area contributed by atoms with Crippen molar-refractivity contribution in [3.63, 3.8) is 0 Å². The van der Waals surface area contributed by atoms with Crippen molar-refractivity contribution in [1.82, 2.24) is 4.31 Å². The van der Waals surface area contributed by atoms with Gasteiger partial charge < -0.3 is 0 Å². The SMILES string of the molecule is O=S(=O)(c1ccccc1)N1C2Cc3ccccc3C21. The largest absolute Gasteiger partial charge is 0.244 e. The van der Waals surface area contributed by atoms with Crippen molar-refractivity contribution in [1.29, 1.82) is 0 Å². The van der Waals surface area contributed by atoms with Gasteiger partial charge in [-0.3, -0.25) is 0 Å². The Balaban J connectivity index is 1.72. The highest BCUT2D eigenvalue weighted by molar-refractivity contribution is 7.89. The second-order valence-electron chi connectivity index (χ2n) is 5.06. The van der Waals surface area contributed by atoms with Crippen LogP contribution in [0.2, 0.25) is 0 Å². The molecular weight excluding hydrogens is 258 g/mol. The summed E-state index contributed by atoms with van der Waals surface area (Å²) in [6.45, 7) is 0. The fourth-order valence-electron chi connectivity index (χ4n) is 3.08. The van der Waals surface area contributed by atoms with E-state index in [9.17, 15) is 8.42 Å². The molecule has 19 heavy (non-hydrogen) atoms. The summed E-state index contributed by atoms with van der Waals surface area (Å²) in [5.74, 6) is 0. The topological polar surface area (TPSA) is 37.1 Å². The Kier molecular flexibility index (Phi) is 2.17. The molecule has 2 aliphatic rings. The van der Waals surface area contributed by atoms with Crippen LogP contribution < -0.4 is 0 Å². The van der Waals surface area contributed by atoms with Crippen molar-refractivity contribution in [2.45, 2.75) is 23.4 Å². The second-order valence-corrected chi connectivity index (χ2v) is 6.91. The number of sulfonamides is 1. The standard InChI is InChI=1S/C15H13NO2S/c17-19(18,12-7-2-1-3-8-12)16-14-10-11-6-4-5-9-13(11)15(14)16/h1-9,14-15H,10H2. The van der Waals surface area contributed by atoms with Gasteiger partial charge in [0.1, 0.15) is 0 Å². The van der Waals surface area contributed by atoms with Crippen molar-refractivity contribution >= 4 is 10.0 Å². The summed E-state index contributed by atoms with van der Waals surface area (Å²) in [7, 11) is -3.33. The maximum Gasteiger partial charge on any atom is 0.244 e. The van der Waals surface area contributed by atoms with E-state index in [1.807, 2.05) is 24.3 Å². The third-order valence-corrected chi connectivity index (χ3v) is 5.92. The van der Waals surface area contributed by atoms with Crippen LogP contribution in [0, 0.1) is 0 Å². The lowest BCUT2D eigenvalue weighted by Gasteiger charge is -2.11. The minimum Gasteiger partial charge on any atom is -0.207 e. The van der Waals surface area contributed by atoms with Crippen LogP contribution >= 0.6 is 0 Å². The van der Waals surface area contributed by atoms with E-state index in [4.69, 9.17) is 0 Å². The van der Waals surface area contributed by atoms with Gasteiger partial charge in [0, 0.05) is 0 Å². The Morgan fingerprint density at radius 2 is 1.63 bits per heavy atom. The van der Waals surface area contributed by atoms with Gasteiger partial charge in [-0.05, 0) is 29.7 Å². The van der Waals surface area contributed by atoms with Crippen LogP contribution in [0.4, 0.5) is 0 Å². The first-order chi connectivity index (χ1) is 9.19. The quantitative estimate of drug-likeness (QED) is 0.786. The van der Waals surface area contributed by atoms with E-state index in [2.05, 4.69) is 6.07 Å². The minimum absolute atomic E-state index is 0.0569. The Morgan fingerprint density at radius 3 is 2.42 bits per heavy atom. The van der Waals surface area contributed by atoms with Gasteiger partial charge in [0.25, 0.3) is 0 Å². The van der Waals surface area contributed by atoms with Gasteiger partial charge in [-0.25, -0.2) is 8.42 Å². The van der Waals surface area contributed by atoms with Gasteiger partial charge in [0.2, 0.25) is 10.0 Å². The highest BCUT2D eigenvalue weighted by Gasteiger charge is 2.59. The molecular formula is C15H13NO2S. The zero-order chi connectivity index (χ0) is 13.0. The lowest BCUT2D eigenvalue weighted by Crippen LogP contribution is -2.17. The normalized spacial score (nSPS) is 27.7. The molecule has 0 N–H and O–H groups in total. The third kappa shape index (κ3) is 1.50. The number of nitrogens with zero attached hydrogens (tertiary/aromatic N) is 1. The molecule has 0 bridgehead atoms. The van der Waals surface area contributed by atoms with E-state index in [0.29, 0.717) is 4.90 Å². The van der Waals surface area contributed by atoms with E-state index in [1.165, 1.54) is 11.1 Å². The molecule has 3 atom stereocenters. The molecule has 1 fully saturated rings. The third-order valence-electron chi connectivity index (χ3n) is 4.00. The molecule has 1 aliphatic carbocycles. The highest BCUT2D eigenvalue weighted by atomic mass is 32.2. The number of hydrogen-bond acceptors (Lipinski definition) is 2. The number of rotatable bonds is 2. The number of fused-ring (bicyclic) bond motifs is 3. The van der Waals surface area contributed by atoms with Gasteiger partial charge in [-0.15, -0.1) is 0 Å². The highest BCUT2D eigenvalue weighted by Crippen LogP contribution is 2.54. The maximum atomic E-state index is 12.5. The van der Waals surface area contributed by atoms with Gasteiger partial charge in [-0.1, -0.05) is 42.5 Å². The minimum atomic E-state index is -3.33. The van der Waals surface area contributed by atoms with Crippen LogP contribution in [-0.2, 0) is 16.4 Å².